The molecule has 4 N–H and O–H groups in total. The van der Waals surface area contributed by atoms with E-state index in [1.807, 2.05) is 6.07 Å². The predicted molar refractivity (Wildman–Crippen MR) is 119 cm³/mol. The van der Waals surface area contributed by atoms with E-state index in [2.05, 4.69) is 16.9 Å². The van der Waals surface area contributed by atoms with E-state index >= 15 is 0 Å². The van der Waals surface area contributed by atoms with Gasteiger partial charge in [0.15, 0.2) is 5.78 Å². The maximum Gasteiger partial charge on any atom is 0.185 e. The van der Waals surface area contributed by atoms with Crippen LogP contribution in [0.15, 0.2) is 48.8 Å². The van der Waals surface area contributed by atoms with Crippen LogP contribution < -0.4 is 11.5 Å². The fraction of sp³-hybridized carbons (Fsp3) is 0.320. The van der Waals surface area contributed by atoms with E-state index < -0.39 is 34.5 Å². The van der Waals surface area contributed by atoms with Crippen LogP contribution in [0.5, 0.6) is 0 Å². The smallest absolute Gasteiger partial charge is 0.185 e. The van der Waals surface area contributed by atoms with E-state index in [-0.39, 0.29) is 36.0 Å². The molecule has 4 atom stereocenters. The minimum atomic E-state index is -0.957. The Labute approximate surface area is 190 Å². The van der Waals surface area contributed by atoms with Gasteiger partial charge in [-0.25, -0.2) is 18.2 Å². The molecule has 3 aromatic rings. The second kappa shape index (κ2) is 9.41. The van der Waals surface area contributed by atoms with E-state index in [4.69, 9.17) is 11.5 Å². The lowest BCUT2D eigenvalue weighted by atomic mass is 9.73. The van der Waals surface area contributed by atoms with Crippen LogP contribution in [0.2, 0.25) is 0 Å². The Bertz CT molecular complexity index is 1150. The van der Waals surface area contributed by atoms with Crippen molar-refractivity contribution < 1.29 is 18.0 Å². The first kappa shape index (κ1) is 23.1. The Hall–Kier alpha value is -3.10. The van der Waals surface area contributed by atoms with Crippen molar-refractivity contribution in [1.82, 2.24) is 9.97 Å². The van der Waals surface area contributed by atoms with Crippen LogP contribution in [-0.4, -0.2) is 27.8 Å². The maximum absolute atomic E-state index is 14.4. The summed E-state index contributed by atoms with van der Waals surface area (Å²) in [5.74, 6) is -2.88. The van der Waals surface area contributed by atoms with Gasteiger partial charge in [-0.1, -0.05) is 13.0 Å². The molecule has 1 aromatic carbocycles. The molecule has 2 aromatic heterocycles. The SMILES string of the molecule is C[C@H]1C[C@@H](c2ccncc2CC(=O)c2ccc(F)c(-c3c(F)cccc3F)n2)C[C@@H](N)[C@@H]1N. The third-order valence-corrected chi connectivity index (χ3v) is 6.43. The quantitative estimate of drug-likeness (QED) is 0.565. The molecule has 8 heteroatoms. The number of ketones is 1. The summed E-state index contributed by atoms with van der Waals surface area (Å²) < 4.78 is 42.8. The molecule has 0 spiro atoms. The number of Topliss-reactive ketones (excluding diaryl/α,β-unsaturated/α-hetero) is 1. The Balaban J connectivity index is 1.63. The van der Waals surface area contributed by atoms with E-state index in [0.717, 1.165) is 30.2 Å². The minimum Gasteiger partial charge on any atom is -0.326 e. The maximum atomic E-state index is 14.4. The molecular formula is C25H25F3N4O. The van der Waals surface area contributed by atoms with Crippen molar-refractivity contribution in [3.63, 3.8) is 0 Å². The average Bonchev–Trinajstić information content (AvgIpc) is 2.78. The van der Waals surface area contributed by atoms with Crippen molar-refractivity contribution in [2.75, 3.05) is 0 Å². The Morgan fingerprint density at radius 1 is 1.03 bits per heavy atom. The third kappa shape index (κ3) is 4.67. The molecule has 1 aliphatic carbocycles. The van der Waals surface area contributed by atoms with Crippen LogP contribution in [0.25, 0.3) is 11.3 Å². The fourth-order valence-corrected chi connectivity index (χ4v) is 4.61. The van der Waals surface area contributed by atoms with Crippen molar-refractivity contribution in [2.24, 2.45) is 17.4 Å². The molecule has 1 fully saturated rings. The third-order valence-electron chi connectivity index (χ3n) is 6.43. The van der Waals surface area contributed by atoms with Gasteiger partial charge in [-0.05, 0) is 66.1 Å². The number of halogens is 3. The lowest BCUT2D eigenvalue weighted by Crippen LogP contribution is -2.50. The summed E-state index contributed by atoms with van der Waals surface area (Å²) in [7, 11) is 0. The summed E-state index contributed by atoms with van der Waals surface area (Å²) in [4.78, 5) is 21.2. The number of carbonyl (C=O) groups is 1. The molecule has 0 unspecified atom stereocenters. The van der Waals surface area contributed by atoms with Crippen LogP contribution in [-0.2, 0) is 6.42 Å². The largest absolute Gasteiger partial charge is 0.326 e. The average molecular weight is 454 g/mol. The number of rotatable bonds is 5. The molecule has 0 amide bonds. The topological polar surface area (TPSA) is 94.9 Å². The van der Waals surface area contributed by atoms with Crippen LogP contribution in [0, 0.1) is 23.4 Å². The van der Waals surface area contributed by atoms with E-state index in [9.17, 15) is 18.0 Å². The standard InChI is InChI=1S/C25H25F3N4O/c1-13-9-14(10-20(29)24(13)30)16-7-8-31-12-15(16)11-22(33)21-6-5-19(28)25(32-21)23-17(26)3-2-4-18(23)27/h2-8,12-14,20,24H,9-11,29-30H2,1H3/t13-,14+,20+,24+/m0/s1. The normalized spacial score (nSPS) is 22.8. The van der Waals surface area contributed by atoms with E-state index in [1.54, 1.807) is 12.4 Å². The molecule has 4 rings (SSSR count). The van der Waals surface area contributed by atoms with Crippen LogP contribution in [0.4, 0.5) is 13.2 Å². The molecule has 1 saturated carbocycles. The lowest BCUT2D eigenvalue weighted by Gasteiger charge is -2.37. The molecule has 1 aliphatic rings. The Morgan fingerprint density at radius 3 is 2.45 bits per heavy atom. The van der Waals surface area contributed by atoms with Gasteiger partial charge in [0.25, 0.3) is 0 Å². The second-order valence-electron chi connectivity index (χ2n) is 8.68. The highest BCUT2D eigenvalue weighted by Crippen LogP contribution is 2.36. The number of pyridine rings is 2. The second-order valence-corrected chi connectivity index (χ2v) is 8.68. The molecule has 0 bridgehead atoms. The summed E-state index contributed by atoms with van der Waals surface area (Å²) in [5, 5.41) is 0. The first-order valence-electron chi connectivity index (χ1n) is 10.8. The van der Waals surface area contributed by atoms with Crippen LogP contribution in [0.3, 0.4) is 0 Å². The zero-order valence-corrected chi connectivity index (χ0v) is 18.1. The van der Waals surface area contributed by atoms with Crippen LogP contribution in [0.1, 0.15) is 47.3 Å². The van der Waals surface area contributed by atoms with Gasteiger partial charge in [-0.15, -0.1) is 0 Å². The zero-order valence-electron chi connectivity index (χ0n) is 18.1. The zero-order chi connectivity index (χ0) is 23.7. The molecule has 0 radical (unpaired) electrons. The van der Waals surface area contributed by atoms with Gasteiger partial charge in [0, 0.05) is 30.9 Å². The monoisotopic (exact) mass is 454 g/mol. The van der Waals surface area contributed by atoms with Crippen molar-refractivity contribution in [1.29, 1.82) is 0 Å². The van der Waals surface area contributed by atoms with E-state index in [1.165, 1.54) is 12.1 Å². The predicted octanol–water partition coefficient (Wildman–Crippen LogP) is 4.15. The van der Waals surface area contributed by atoms with Crippen molar-refractivity contribution >= 4 is 5.78 Å². The summed E-state index contributed by atoms with van der Waals surface area (Å²) in [6.45, 7) is 2.06. The van der Waals surface area contributed by atoms with Crippen molar-refractivity contribution in [3.8, 4) is 11.3 Å². The molecular weight excluding hydrogens is 429 g/mol. The number of hydrogen-bond donors (Lipinski definition) is 2. The van der Waals surface area contributed by atoms with Gasteiger partial charge in [0.1, 0.15) is 28.8 Å². The lowest BCUT2D eigenvalue weighted by molar-refractivity contribution is 0.0987. The minimum absolute atomic E-state index is 0.0346. The van der Waals surface area contributed by atoms with Gasteiger partial charge < -0.3 is 11.5 Å². The highest BCUT2D eigenvalue weighted by Gasteiger charge is 2.33. The Kier molecular flexibility index (Phi) is 6.58. The van der Waals surface area contributed by atoms with Crippen LogP contribution >= 0.6 is 0 Å². The van der Waals surface area contributed by atoms with Gasteiger partial charge in [0.2, 0.25) is 0 Å². The van der Waals surface area contributed by atoms with E-state index in [0.29, 0.717) is 12.0 Å². The van der Waals surface area contributed by atoms with Gasteiger partial charge in [-0.3, -0.25) is 9.78 Å². The van der Waals surface area contributed by atoms with Gasteiger partial charge in [0.05, 0.1) is 5.56 Å². The number of aromatic nitrogens is 2. The summed E-state index contributed by atoms with van der Waals surface area (Å²) in [6.07, 6.45) is 4.79. The molecule has 0 aliphatic heterocycles. The van der Waals surface area contributed by atoms with Gasteiger partial charge >= 0.3 is 0 Å². The molecule has 172 valence electrons. The number of benzene rings is 1. The fourth-order valence-electron chi connectivity index (χ4n) is 4.61. The molecule has 0 saturated heterocycles. The first-order chi connectivity index (χ1) is 15.8. The number of carbonyl (C=O) groups excluding carboxylic acids is 1. The molecule has 2 heterocycles. The Morgan fingerprint density at radius 2 is 1.76 bits per heavy atom. The highest BCUT2D eigenvalue weighted by atomic mass is 19.1. The molecule has 5 nitrogen and oxygen atoms in total. The summed E-state index contributed by atoms with van der Waals surface area (Å²) in [5.41, 5.74) is 12.9. The van der Waals surface area contributed by atoms with Crippen molar-refractivity contribution in [3.05, 3.63) is 83.1 Å². The summed E-state index contributed by atoms with van der Waals surface area (Å²) >= 11 is 0. The first-order valence-corrected chi connectivity index (χ1v) is 10.8. The number of nitrogens with zero attached hydrogens (tertiary/aromatic N) is 2. The highest BCUT2D eigenvalue weighted by molar-refractivity contribution is 5.96. The van der Waals surface area contributed by atoms with Gasteiger partial charge in [-0.2, -0.15) is 0 Å². The number of nitrogens with two attached hydrogens (primary N) is 2. The van der Waals surface area contributed by atoms with Crippen molar-refractivity contribution in [2.45, 2.75) is 44.2 Å². The number of hydrogen-bond acceptors (Lipinski definition) is 5. The molecule has 33 heavy (non-hydrogen) atoms. The summed E-state index contributed by atoms with van der Waals surface area (Å²) in [6, 6.07) is 7.07.